The van der Waals surface area contributed by atoms with Crippen LogP contribution in [0.5, 0.6) is 11.5 Å². The van der Waals surface area contributed by atoms with Crippen molar-refractivity contribution in [3.63, 3.8) is 0 Å². The van der Waals surface area contributed by atoms with Crippen molar-refractivity contribution in [2.75, 3.05) is 7.11 Å². The molecule has 0 radical (unpaired) electrons. The molecule has 0 spiro atoms. The van der Waals surface area contributed by atoms with Gasteiger partial charge in [0.15, 0.2) is 4.32 Å². The Bertz CT molecular complexity index is 1090. The summed E-state index contributed by atoms with van der Waals surface area (Å²) in [4.78, 5) is 0. The Morgan fingerprint density at radius 1 is 1.11 bits per heavy atom. The van der Waals surface area contributed by atoms with E-state index in [2.05, 4.69) is 54.3 Å². The molecule has 4 rings (SSSR count). The van der Waals surface area contributed by atoms with Crippen LogP contribution in [0.15, 0.2) is 64.7 Å². The van der Waals surface area contributed by atoms with Gasteiger partial charge in [0.25, 0.3) is 0 Å². The van der Waals surface area contributed by atoms with E-state index >= 15 is 0 Å². The molecule has 2 atom stereocenters. The molecular weight excluding hydrogens is 472 g/mol. The maximum atomic E-state index is 10.1. The number of fused-ring (bicyclic) bond motifs is 3. The molecule has 4 nitrogen and oxygen atoms in total. The van der Waals surface area contributed by atoms with E-state index < -0.39 is 4.32 Å². The van der Waals surface area contributed by atoms with Crippen molar-refractivity contribution in [1.82, 2.24) is 0 Å². The third kappa shape index (κ3) is 2.82. The first-order valence-corrected chi connectivity index (χ1v) is 9.75. The predicted octanol–water partition coefficient (Wildman–Crippen LogP) is 5.74. The lowest BCUT2D eigenvalue weighted by Crippen LogP contribution is -2.44. The van der Waals surface area contributed by atoms with Crippen LogP contribution in [0.3, 0.4) is 0 Å². The minimum absolute atomic E-state index is 0.272. The van der Waals surface area contributed by atoms with Crippen LogP contribution >= 0.6 is 32.1 Å². The van der Waals surface area contributed by atoms with Gasteiger partial charge in [-0.25, -0.2) is 0 Å². The highest BCUT2D eigenvalue weighted by atomic mass is 79.9. The molecule has 6 heteroatoms. The molecule has 1 aliphatic rings. The fourth-order valence-corrected chi connectivity index (χ4v) is 4.80. The van der Waals surface area contributed by atoms with E-state index in [1.807, 2.05) is 48.5 Å². The van der Waals surface area contributed by atoms with Crippen LogP contribution in [-0.2, 0) is 0 Å². The molecule has 0 saturated carbocycles. The summed E-state index contributed by atoms with van der Waals surface area (Å²) in [5.74, 6) is 1.40. The molecule has 2 unspecified atom stereocenters. The predicted molar refractivity (Wildman–Crippen MR) is 113 cm³/mol. The number of benzene rings is 3. The van der Waals surface area contributed by atoms with Gasteiger partial charge in [0.2, 0.25) is 5.90 Å². The third-order valence-corrected chi connectivity index (χ3v) is 6.12. The summed E-state index contributed by atoms with van der Waals surface area (Å²) in [6.07, 6.45) is 0. The number of methoxy groups -OCH3 is 1. The number of nitriles is 1. The van der Waals surface area contributed by atoms with Gasteiger partial charge in [0.05, 0.1) is 35.2 Å². The Morgan fingerprint density at radius 3 is 2.52 bits per heavy atom. The molecule has 0 fully saturated rings. The molecule has 1 aliphatic heterocycles. The Balaban J connectivity index is 2.06. The molecule has 134 valence electrons. The highest BCUT2D eigenvalue weighted by Gasteiger charge is 2.50. The minimum atomic E-state index is -1.15. The summed E-state index contributed by atoms with van der Waals surface area (Å²) in [6.45, 7) is 0. The molecule has 0 saturated heterocycles. The fourth-order valence-electron chi connectivity index (χ4n) is 3.55. The maximum absolute atomic E-state index is 10.1. The lowest BCUT2D eigenvalue weighted by atomic mass is 9.77. The molecule has 0 aliphatic carbocycles. The lowest BCUT2D eigenvalue weighted by Gasteiger charge is -2.37. The van der Waals surface area contributed by atoms with Crippen LogP contribution in [0.25, 0.3) is 10.8 Å². The van der Waals surface area contributed by atoms with Crippen molar-refractivity contribution in [1.29, 1.82) is 5.26 Å². The summed E-state index contributed by atoms with van der Waals surface area (Å²) < 4.78 is 14.2. The van der Waals surface area contributed by atoms with Gasteiger partial charge in [-0.05, 0) is 34.5 Å². The molecule has 27 heavy (non-hydrogen) atoms. The Morgan fingerprint density at radius 2 is 1.85 bits per heavy atom. The zero-order chi connectivity index (χ0) is 19.0. The number of hydrogen-bond acceptors (Lipinski definition) is 4. The van der Waals surface area contributed by atoms with Crippen LogP contribution in [-0.4, -0.2) is 17.3 Å². The van der Waals surface area contributed by atoms with Gasteiger partial charge in [0, 0.05) is 5.56 Å². The average Bonchev–Trinajstić information content (AvgIpc) is 2.73. The van der Waals surface area contributed by atoms with Gasteiger partial charge in [-0.3, -0.25) is 0 Å². The number of nitrogens with zero attached hydrogens (tertiary/aromatic N) is 2. The highest BCUT2D eigenvalue weighted by molar-refractivity contribution is 9.10. The van der Waals surface area contributed by atoms with E-state index in [-0.39, 0.29) is 11.8 Å². The van der Waals surface area contributed by atoms with Crippen LogP contribution < -0.4 is 9.47 Å². The third-order valence-electron chi connectivity index (χ3n) is 4.82. The van der Waals surface area contributed by atoms with Crippen molar-refractivity contribution in [3.8, 4) is 17.6 Å². The Kier molecular flexibility index (Phi) is 4.67. The largest absolute Gasteiger partial charge is 0.497 e. The minimum Gasteiger partial charge on any atom is -0.497 e. The molecular formula is C21H14Br2N2O2. The number of alkyl halides is 1. The quantitative estimate of drug-likeness (QED) is 0.435. The van der Waals surface area contributed by atoms with E-state index in [4.69, 9.17) is 9.47 Å². The van der Waals surface area contributed by atoms with Crippen LogP contribution in [0.1, 0.15) is 17.0 Å². The van der Waals surface area contributed by atoms with E-state index in [1.165, 1.54) is 0 Å². The summed E-state index contributed by atoms with van der Waals surface area (Å²) in [7, 11) is 1.63. The fraction of sp³-hybridized carbons (Fsp3) is 0.143. The summed E-state index contributed by atoms with van der Waals surface area (Å²) in [5, 5.41) is 12.2. The second-order valence-electron chi connectivity index (χ2n) is 6.22. The van der Waals surface area contributed by atoms with Crippen molar-refractivity contribution in [3.05, 3.63) is 71.8 Å². The van der Waals surface area contributed by atoms with Crippen molar-refractivity contribution in [2.24, 2.45) is 4.02 Å². The summed E-state index contributed by atoms with van der Waals surface area (Å²) in [6, 6.07) is 22.1. The van der Waals surface area contributed by atoms with Gasteiger partial charge in [-0.1, -0.05) is 58.4 Å². The first kappa shape index (κ1) is 18.0. The number of halogens is 2. The standard InChI is InChI=1S/C21H14Br2N2O2/c1-26-15-9-6-14(7-10-15)19-18-16-5-3-2-4-13(16)8-11-17(18)27-20(25-23)21(19,22)12-24/h2-11,19H,1H3. The molecule has 0 aromatic heterocycles. The van der Waals surface area contributed by atoms with Gasteiger partial charge >= 0.3 is 0 Å². The zero-order valence-corrected chi connectivity index (χ0v) is 17.5. The number of rotatable bonds is 2. The molecule has 0 N–H and O–H groups in total. The first-order chi connectivity index (χ1) is 13.1. The normalized spacial score (nSPS) is 22.7. The topological polar surface area (TPSA) is 54.6 Å². The monoisotopic (exact) mass is 484 g/mol. The van der Waals surface area contributed by atoms with Crippen LogP contribution in [0.4, 0.5) is 0 Å². The van der Waals surface area contributed by atoms with E-state index in [9.17, 15) is 5.26 Å². The first-order valence-electron chi connectivity index (χ1n) is 8.25. The second kappa shape index (κ2) is 6.99. The molecule has 3 aromatic carbocycles. The molecule has 1 heterocycles. The van der Waals surface area contributed by atoms with Gasteiger partial charge in [-0.2, -0.15) is 9.28 Å². The number of hydrogen-bond donors (Lipinski definition) is 0. The van der Waals surface area contributed by atoms with Gasteiger partial charge in [-0.15, -0.1) is 0 Å². The zero-order valence-electron chi connectivity index (χ0n) is 14.3. The molecule has 0 bridgehead atoms. The Labute approximate surface area is 173 Å². The van der Waals surface area contributed by atoms with Crippen molar-refractivity contribution < 1.29 is 9.47 Å². The molecule has 0 amide bonds. The molecule has 3 aromatic rings. The van der Waals surface area contributed by atoms with Gasteiger partial charge in [0.1, 0.15) is 11.5 Å². The van der Waals surface area contributed by atoms with Crippen molar-refractivity contribution >= 4 is 48.7 Å². The Hall–Kier alpha value is -2.36. The van der Waals surface area contributed by atoms with E-state index in [0.29, 0.717) is 5.75 Å². The second-order valence-corrected chi connectivity index (χ2v) is 7.83. The maximum Gasteiger partial charge on any atom is 0.233 e. The highest BCUT2D eigenvalue weighted by Crippen LogP contribution is 2.51. The summed E-state index contributed by atoms with van der Waals surface area (Å²) in [5.41, 5.74) is 1.92. The summed E-state index contributed by atoms with van der Waals surface area (Å²) >= 11 is 6.75. The van der Waals surface area contributed by atoms with Crippen LogP contribution in [0, 0.1) is 11.3 Å². The van der Waals surface area contributed by atoms with E-state index in [1.54, 1.807) is 7.11 Å². The smallest absolute Gasteiger partial charge is 0.233 e. The van der Waals surface area contributed by atoms with E-state index in [0.717, 1.165) is 27.6 Å². The average molecular weight is 486 g/mol. The van der Waals surface area contributed by atoms with Gasteiger partial charge < -0.3 is 9.47 Å². The van der Waals surface area contributed by atoms with Crippen molar-refractivity contribution in [2.45, 2.75) is 10.2 Å². The van der Waals surface area contributed by atoms with Crippen LogP contribution in [0.2, 0.25) is 0 Å². The lowest BCUT2D eigenvalue weighted by molar-refractivity contribution is 0.414. The SMILES string of the molecule is COc1ccc(C2c3c(ccc4ccccc34)OC(=NBr)C2(Br)C#N)cc1. The number of ether oxygens (including phenoxy) is 2.